The van der Waals surface area contributed by atoms with Crippen molar-refractivity contribution < 1.29 is 8.94 Å². The maximum atomic E-state index is 6.06. The van der Waals surface area contributed by atoms with Gasteiger partial charge in [0.05, 0.1) is 6.04 Å². The van der Waals surface area contributed by atoms with Crippen molar-refractivity contribution in [3.05, 3.63) is 23.2 Å². The number of rotatable bonds is 6. The SMILES string of the molecule is CCN(CC)CC(N)c1noc(-c2ccc(Cl)o2)n1. The van der Waals surface area contributed by atoms with Crippen molar-refractivity contribution in [3.8, 4) is 11.7 Å². The van der Waals surface area contributed by atoms with Crippen LogP contribution in [0.2, 0.25) is 5.22 Å². The summed E-state index contributed by atoms with van der Waals surface area (Å²) in [6.45, 7) is 6.72. The molecule has 0 aliphatic carbocycles. The van der Waals surface area contributed by atoms with Gasteiger partial charge >= 0.3 is 0 Å². The van der Waals surface area contributed by atoms with Gasteiger partial charge in [-0.2, -0.15) is 4.98 Å². The van der Waals surface area contributed by atoms with Crippen molar-refractivity contribution >= 4 is 11.6 Å². The minimum absolute atomic E-state index is 0.280. The molecule has 2 N–H and O–H groups in total. The second-order valence-corrected chi connectivity index (χ2v) is 4.53. The van der Waals surface area contributed by atoms with E-state index < -0.39 is 0 Å². The Morgan fingerprint density at radius 1 is 1.37 bits per heavy atom. The number of furan rings is 1. The largest absolute Gasteiger partial charge is 0.440 e. The average molecular weight is 285 g/mol. The van der Waals surface area contributed by atoms with Crippen molar-refractivity contribution in [1.82, 2.24) is 15.0 Å². The highest BCUT2D eigenvalue weighted by atomic mass is 35.5. The third kappa shape index (κ3) is 3.34. The maximum Gasteiger partial charge on any atom is 0.293 e. The molecule has 1 unspecified atom stereocenters. The molecule has 0 saturated carbocycles. The minimum atomic E-state index is -0.289. The molecular weight excluding hydrogens is 268 g/mol. The van der Waals surface area contributed by atoms with Crippen molar-refractivity contribution in [3.63, 3.8) is 0 Å². The van der Waals surface area contributed by atoms with Crippen LogP contribution in [0.1, 0.15) is 25.7 Å². The molecular formula is C12H17ClN4O2. The van der Waals surface area contributed by atoms with Gasteiger partial charge in [0.1, 0.15) is 0 Å². The predicted molar refractivity (Wildman–Crippen MR) is 71.7 cm³/mol. The van der Waals surface area contributed by atoms with E-state index in [0.29, 0.717) is 18.1 Å². The monoisotopic (exact) mass is 284 g/mol. The van der Waals surface area contributed by atoms with Gasteiger partial charge in [0, 0.05) is 6.54 Å². The summed E-state index contributed by atoms with van der Waals surface area (Å²) in [5.41, 5.74) is 6.06. The normalized spacial score (nSPS) is 13.1. The van der Waals surface area contributed by atoms with E-state index in [4.69, 9.17) is 26.3 Å². The Hall–Kier alpha value is -1.37. The van der Waals surface area contributed by atoms with Crippen LogP contribution in [0.25, 0.3) is 11.7 Å². The van der Waals surface area contributed by atoms with E-state index in [0.717, 1.165) is 13.1 Å². The molecule has 6 nitrogen and oxygen atoms in total. The Balaban J connectivity index is 2.08. The van der Waals surface area contributed by atoms with Gasteiger partial charge in [-0.25, -0.2) is 0 Å². The third-order valence-electron chi connectivity index (χ3n) is 2.91. The first-order valence-corrected chi connectivity index (χ1v) is 6.59. The average Bonchev–Trinajstić information content (AvgIpc) is 3.04. The number of nitrogens with two attached hydrogens (primary N) is 1. The van der Waals surface area contributed by atoms with E-state index >= 15 is 0 Å². The van der Waals surface area contributed by atoms with Gasteiger partial charge < -0.3 is 19.6 Å². The van der Waals surface area contributed by atoms with Crippen molar-refractivity contribution in [1.29, 1.82) is 0 Å². The highest BCUT2D eigenvalue weighted by molar-refractivity contribution is 6.28. The van der Waals surface area contributed by atoms with Crippen LogP contribution < -0.4 is 5.73 Å². The lowest BCUT2D eigenvalue weighted by molar-refractivity contribution is 0.278. The van der Waals surface area contributed by atoms with Crippen LogP contribution in [0.15, 0.2) is 21.1 Å². The summed E-state index contributed by atoms with van der Waals surface area (Å²) in [7, 11) is 0. The van der Waals surface area contributed by atoms with Crippen LogP contribution in [0.4, 0.5) is 0 Å². The number of hydrogen-bond donors (Lipinski definition) is 1. The zero-order valence-corrected chi connectivity index (χ0v) is 11.7. The maximum absolute atomic E-state index is 6.06. The predicted octanol–water partition coefficient (Wildman–Crippen LogP) is 2.32. The van der Waals surface area contributed by atoms with Crippen LogP contribution in [0, 0.1) is 0 Å². The van der Waals surface area contributed by atoms with E-state index in [1.54, 1.807) is 12.1 Å². The first-order valence-electron chi connectivity index (χ1n) is 6.21. The van der Waals surface area contributed by atoms with E-state index in [1.165, 1.54) is 0 Å². The molecule has 2 heterocycles. The molecule has 0 fully saturated rings. The first kappa shape index (κ1) is 14.0. The Morgan fingerprint density at radius 2 is 2.11 bits per heavy atom. The van der Waals surface area contributed by atoms with Crippen LogP contribution in [-0.2, 0) is 0 Å². The molecule has 0 saturated heterocycles. The highest BCUT2D eigenvalue weighted by Gasteiger charge is 2.18. The van der Waals surface area contributed by atoms with Gasteiger partial charge in [0.25, 0.3) is 5.89 Å². The molecule has 0 bridgehead atoms. The molecule has 2 rings (SSSR count). The van der Waals surface area contributed by atoms with Crippen LogP contribution in [0.5, 0.6) is 0 Å². The van der Waals surface area contributed by atoms with Crippen LogP contribution >= 0.6 is 11.6 Å². The van der Waals surface area contributed by atoms with Gasteiger partial charge in [-0.3, -0.25) is 0 Å². The summed E-state index contributed by atoms with van der Waals surface area (Å²) in [5, 5.41) is 4.16. The molecule has 104 valence electrons. The number of aromatic nitrogens is 2. The smallest absolute Gasteiger partial charge is 0.293 e. The summed E-state index contributed by atoms with van der Waals surface area (Å²) in [6, 6.07) is 3.01. The molecule has 7 heteroatoms. The Labute approximate surface area is 116 Å². The van der Waals surface area contributed by atoms with Gasteiger partial charge in [0.15, 0.2) is 16.8 Å². The van der Waals surface area contributed by atoms with Gasteiger partial charge in [0.2, 0.25) is 0 Å². The number of nitrogens with zero attached hydrogens (tertiary/aromatic N) is 3. The van der Waals surface area contributed by atoms with Gasteiger partial charge in [-0.15, -0.1) is 0 Å². The second-order valence-electron chi connectivity index (χ2n) is 4.15. The molecule has 0 radical (unpaired) electrons. The Kier molecular flexibility index (Phi) is 4.57. The van der Waals surface area contributed by atoms with Crippen molar-refractivity contribution in [2.45, 2.75) is 19.9 Å². The van der Waals surface area contributed by atoms with Crippen molar-refractivity contribution in [2.24, 2.45) is 5.73 Å². The zero-order valence-electron chi connectivity index (χ0n) is 11.0. The number of hydrogen-bond acceptors (Lipinski definition) is 6. The standard InChI is InChI=1S/C12H17ClN4O2/c1-3-17(4-2)7-8(14)11-15-12(19-16-11)9-5-6-10(13)18-9/h5-6,8H,3-4,7,14H2,1-2H3. The fourth-order valence-corrected chi connectivity index (χ4v) is 1.90. The van der Waals surface area contributed by atoms with E-state index in [9.17, 15) is 0 Å². The number of likely N-dealkylation sites (N-methyl/N-ethyl adjacent to an activating group) is 1. The van der Waals surface area contributed by atoms with Gasteiger partial charge in [-0.1, -0.05) is 19.0 Å². The molecule has 0 aromatic carbocycles. The lowest BCUT2D eigenvalue weighted by atomic mass is 10.2. The molecule has 0 aliphatic rings. The molecule has 19 heavy (non-hydrogen) atoms. The molecule has 2 aromatic rings. The fraction of sp³-hybridized carbons (Fsp3) is 0.500. The summed E-state index contributed by atoms with van der Waals surface area (Å²) >= 11 is 5.70. The van der Waals surface area contributed by atoms with Crippen LogP contribution in [0.3, 0.4) is 0 Å². The van der Waals surface area contributed by atoms with Gasteiger partial charge in [-0.05, 0) is 36.8 Å². The van der Waals surface area contributed by atoms with Crippen LogP contribution in [-0.4, -0.2) is 34.7 Å². The van der Waals surface area contributed by atoms with Crippen molar-refractivity contribution in [2.75, 3.05) is 19.6 Å². The molecule has 1 atom stereocenters. The first-order chi connectivity index (χ1) is 9.13. The summed E-state index contributed by atoms with van der Waals surface area (Å²) in [6.07, 6.45) is 0. The summed E-state index contributed by atoms with van der Waals surface area (Å²) in [5.74, 6) is 1.20. The third-order valence-corrected chi connectivity index (χ3v) is 3.11. The Bertz CT molecular complexity index is 521. The fourth-order valence-electron chi connectivity index (χ4n) is 1.76. The van der Waals surface area contributed by atoms with E-state index in [1.807, 2.05) is 0 Å². The lowest BCUT2D eigenvalue weighted by Crippen LogP contribution is -2.32. The molecule has 0 aliphatic heterocycles. The topological polar surface area (TPSA) is 81.3 Å². The van der Waals surface area contributed by atoms with E-state index in [2.05, 4.69) is 28.9 Å². The lowest BCUT2D eigenvalue weighted by Gasteiger charge is -2.20. The highest BCUT2D eigenvalue weighted by Crippen LogP contribution is 2.23. The summed E-state index contributed by atoms with van der Waals surface area (Å²) < 4.78 is 10.3. The number of halogens is 1. The minimum Gasteiger partial charge on any atom is -0.440 e. The zero-order chi connectivity index (χ0) is 13.8. The molecule has 0 amide bonds. The second kappa shape index (κ2) is 6.18. The molecule has 0 spiro atoms. The quantitative estimate of drug-likeness (QED) is 0.877. The van der Waals surface area contributed by atoms with E-state index in [-0.39, 0.29) is 17.2 Å². The Morgan fingerprint density at radius 3 is 2.68 bits per heavy atom. The molecule has 2 aromatic heterocycles. The summed E-state index contributed by atoms with van der Waals surface area (Å²) in [4.78, 5) is 6.43.